The number of anilines is 1. The van der Waals surface area contributed by atoms with Crippen molar-refractivity contribution in [1.29, 1.82) is 0 Å². The number of nitrogen functional groups attached to an aromatic ring is 1. The Morgan fingerprint density at radius 2 is 1.68 bits per heavy atom. The lowest BCUT2D eigenvalue weighted by Gasteiger charge is -2.24. The van der Waals surface area contributed by atoms with Gasteiger partial charge in [0.1, 0.15) is 0 Å². The van der Waals surface area contributed by atoms with Crippen LogP contribution in [0, 0.1) is 19.7 Å². The number of halogens is 1. The molecule has 2 N–H and O–H groups in total. The van der Waals surface area contributed by atoms with Crippen molar-refractivity contribution in [2.24, 2.45) is 0 Å². The first-order valence-electron chi connectivity index (χ1n) is 8.81. The molecular weight excluding hydrogens is 317 g/mol. The van der Waals surface area contributed by atoms with Gasteiger partial charge in [0.25, 0.3) is 0 Å². The maximum absolute atomic E-state index is 14.7. The maximum atomic E-state index is 14.7. The highest BCUT2D eigenvalue weighted by molar-refractivity contribution is 5.53. The Balaban J connectivity index is 2.04. The molecule has 25 heavy (non-hydrogen) atoms. The Bertz CT molecular complexity index is 763. The van der Waals surface area contributed by atoms with Crippen LogP contribution in [0.5, 0.6) is 5.75 Å². The van der Waals surface area contributed by atoms with E-state index >= 15 is 0 Å². The minimum absolute atomic E-state index is 0.0683. The highest BCUT2D eigenvalue weighted by atomic mass is 19.1. The molecule has 1 aliphatic carbocycles. The van der Waals surface area contributed by atoms with Crippen LogP contribution < -0.4 is 10.5 Å². The number of aryl methyl sites for hydroxylation is 2. The number of fused-ring (bicyclic) bond motifs is 1. The van der Waals surface area contributed by atoms with Crippen LogP contribution in [0.15, 0.2) is 18.2 Å². The molecule has 2 aromatic carbocycles. The summed E-state index contributed by atoms with van der Waals surface area (Å²) in [5.41, 5.74) is 13.6. The molecule has 0 atom stereocenters. The van der Waals surface area contributed by atoms with E-state index in [2.05, 4.69) is 13.8 Å². The summed E-state index contributed by atoms with van der Waals surface area (Å²) in [5.74, 6) is 0.0736. The predicted molar refractivity (Wildman–Crippen MR) is 98.7 cm³/mol. The van der Waals surface area contributed by atoms with Crippen molar-refractivity contribution in [1.82, 2.24) is 0 Å². The van der Waals surface area contributed by atoms with E-state index < -0.39 is 0 Å². The van der Waals surface area contributed by atoms with Gasteiger partial charge in [-0.15, -0.1) is 0 Å². The van der Waals surface area contributed by atoms with E-state index in [-0.39, 0.29) is 12.6 Å². The summed E-state index contributed by atoms with van der Waals surface area (Å²) in [6.45, 7) is 4.20. The molecule has 0 saturated heterocycles. The number of methoxy groups -OCH3 is 1. The monoisotopic (exact) mass is 343 g/mol. The van der Waals surface area contributed by atoms with Crippen LogP contribution in [0.25, 0.3) is 0 Å². The zero-order valence-corrected chi connectivity index (χ0v) is 15.2. The fourth-order valence-electron chi connectivity index (χ4n) is 3.89. The molecular formula is C21H26FNO2. The van der Waals surface area contributed by atoms with Crippen LogP contribution in [0.1, 0.15) is 46.2 Å². The van der Waals surface area contributed by atoms with E-state index in [0.29, 0.717) is 5.75 Å². The summed E-state index contributed by atoms with van der Waals surface area (Å²) in [4.78, 5) is 0. The van der Waals surface area contributed by atoms with Crippen LogP contribution >= 0.6 is 0 Å². The average molecular weight is 343 g/mol. The third-order valence-corrected chi connectivity index (χ3v) is 5.05. The second-order valence-electron chi connectivity index (χ2n) is 6.87. The normalized spacial score (nSPS) is 13.6. The Morgan fingerprint density at radius 1 is 1.04 bits per heavy atom. The van der Waals surface area contributed by atoms with Crippen LogP contribution in [-0.4, -0.2) is 13.9 Å². The van der Waals surface area contributed by atoms with Crippen molar-refractivity contribution in [3.63, 3.8) is 0 Å². The quantitative estimate of drug-likeness (QED) is 0.643. The van der Waals surface area contributed by atoms with Crippen molar-refractivity contribution >= 4 is 5.69 Å². The highest BCUT2D eigenvalue weighted by Crippen LogP contribution is 2.36. The molecule has 134 valence electrons. The molecule has 0 saturated carbocycles. The van der Waals surface area contributed by atoms with Gasteiger partial charge >= 0.3 is 0 Å². The standard InChI is InChI=1S/C21H26FNO2/c1-13-8-16(23)9-14(2)19(13)10-15-11-20(22)21(25-12-24-3)18-7-5-4-6-17(15)18/h8-9,11H,4-7,10,12,23H2,1-3H3. The molecule has 0 spiro atoms. The van der Waals surface area contributed by atoms with Gasteiger partial charge < -0.3 is 15.2 Å². The first-order chi connectivity index (χ1) is 12.0. The summed E-state index contributed by atoms with van der Waals surface area (Å²) in [7, 11) is 1.55. The fourth-order valence-corrected chi connectivity index (χ4v) is 3.89. The Morgan fingerprint density at radius 3 is 2.32 bits per heavy atom. The number of benzene rings is 2. The van der Waals surface area contributed by atoms with Gasteiger partial charge in [0.15, 0.2) is 18.4 Å². The van der Waals surface area contributed by atoms with E-state index in [4.69, 9.17) is 15.2 Å². The van der Waals surface area contributed by atoms with Crippen molar-refractivity contribution in [3.05, 3.63) is 57.4 Å². The lowest BCUT2D eigenvalue weighted by Crippen LogP contribution is -2.13. The lowest BCUT2D eigenvalue weighted by atomic mass is 9.84. The molecule has 2 aromatic rings. The molecule has 0 fully saturated rings. The van der Waals surface area contributed by atoms with E-state index in [1.165, 1.54) is 11.1 Å². The van der Waals surface area contributed by atoms with Gasteiger partial charge in [-0.25, -0.2) is 4.39 Å². The number of nitrogens with two attached hydrogens (primary N) is 1. The zero-order valence-electron chi connectivity index (χ0n) is 15.2. The number of rotatable bonds is 5. The van der Waals surface area contributed by atoms with E-state index in [9.17, 15) is 4.39 Å². The molecule has 0 heterocycles. The van der Waals surface area contributed by atoms with Gasteiger partial charge in [-0.2, -0.15) is 0 Å². The SMILES string of the molecule is COCOc1c(F)cc(Cc2c(C)cc(N)cc2C)c2c1CCCC2. The smallest absolute Gasteiger partial charge is 0.188 e. The molecule has 0 radical (unpaired) electrons. The molecule has 0 aromatic heterocycles. The van der Waals surface area contributed by atoms with Crippen molar-refractivity contribution in [2.75, 3.05) is 19.6 Å². The summed E-state index contributed by atoms with van der Waals surface area (Å²) >= 11 is 0. The van der Waals surface area contributed by atoms with Crippen LogP contribution in [-0.2, 0) is 24.0 Å². The minimum atomic E-state index is -0.293. The summed E-state index contributed by atoms with van der Waals surface area (Å²) < 4.78 is 25.2. The highest BCUT2D eigenvalue weighted by Gasteiger charge is 2.22. The van der Waals surface area contributed by atoms with Crippen LogP contribution in [0.2, 0.25) is 0 Å². The average Bonchev–Trinajstić information content (AvgIpc) is 2.57. The van der Waals surface area contributed by atoms with Gasteiger partial charge in [0, 0.05) is 18.4 Å². The van der Waals surface area contributed by atoms with Gasteiger partial charge in [0.2, 0.25) is 0 Å². The third kappa shape index (κ3) is 3.64. The molecule has 0 amide bonds. The van der Waals surface area contributed by atoms with Gasteiger partial charge in [-0.05, 0) is 92.0 Å². The van der Waals surface area contributed by atoms with E-state index in [0.717, 1.165) is 60.0 Å². The number of hydrogen-bond donors (Lipinski definition) is 1. The number of hydrogen-bond acceptors (Lipinski definition) is 3. The van der Waals surface area contributed by atoms with Crippen LogP contribution in [0.4, 0.5) is 10.1 Å². The molecule has 0 unspecified atom stereocenters. The minimum Gasteiger partial charge on any atom is -0.464 e. The van der Waals surface area contributed by atoms with Crippen LogP contribution in [0.3, 0.4) is 0 Å². The van der Waals surface area contributed by atoms with Crippen molar-refractivity contribution in [2.45, 2.75) is 46.0 Å². The third-order valence-electron chi connectivity index (χ3n) is 5.05. The summed E-state index contributed by atoms with van der Waals surface area (Å²) in [6.07, 6.45) is 4.76. The fraction of sp³-hybridized carbons (Fsp3) is 0.429. The van der Waals surface area contributed by atoms with E-state index in [1.807, 2.05) is 12.1 Å². The largest absolute Gasteiger partial charge is 0.464 e. The molecule has 1 aliphatic rings. The number of ether oxygens (including phenoxy) is 2. The second kappa shape index (κ2) is 7.44. The zero-order chi connectivity index (χ0) is 18.0. The van der Waals surface area contributed by atoms with Gasteiger partial charge in [0.05, 0.1) is 0 Å². The Kier molecular flexibility index (Phi) is 5.28. The molecule has 0 bridgehead atoms. The topological polar surface area (TPSA) is 44.5 Å². The van der Waals surface area contributed by atoms with Crippen molar-refractivity contribution in [3.8, 4) is 5.75 Å². The second-order valence-corrected chi connectivity index (χ2v) is 6.87. The molecule has 0 aliphatic heterocycles. The first kappa shape index (κ1) is 17.7. The maximum Gasteiger partial charge on any atom is 0.188 e. The lowest BCUT2D eigenvalue weighted by molar-refractivity contribution is 0.0473. The van der Waals surface area contributed by atoms with Gasteiger partial charge in [-0.3, -0.25) is 0 Å². The summed E-state index contributed by atoms with van der Waals surface area (Å²) in [6, 6.07) is 5.62. The van der Waals surface area contributed by atoms with E-state index in [1.54, 1.807) is 13.2 Å². The van der Waals surface area contributed by atoms with Gasteiger partial charge in [-0.1, -0.05) is 0 Å². The Hall–Kier alpha value is -2.07. The summed E-state index contributed by atoms with van der Waals surface area (Å²) in [5, 5.41) is 0. The first-order valence-corrected chi connectivity index (χ1v) is 8.81. The molecule has 4 heteroatoms. The molecule has 3 nitrogen and oxygen atoms in total. The predicted octanol–water partition coefficient (Wildman–Crippen LogP) is 4.48. The Labute approximate surface area is 148 Å². The molecule has 3 rings (SSSR count). The van der Waals surface area contributed by atoms with Crippen molar-refractivity contribution < 1.29 is 13.9 Å².